The molecule has 1 aromatic heterocycles. The third-order valence-corrected chi connectivity index (χ3v) is 5.82. The number of nitrogens with zero attached hydrogens (tertiary/aromatic N) is 2. The number of hydrogen-bond acceptors (Lipinski definition) is 2. The van der Waals surface area contributed by atoms with Crippen molar-refractivity contribution in [3.05, 3.63) is 35.5 Å². The van der Waals surface area contributed by atoms with E-state index >= 15 is 0 Å². The van der Waals surface area contributed by atoms with Gasteiger partial charge < -0.3 is 9.88 Å². The first-order valence-corrected chi connectivity index (χ1v) is 9.14. The van der Waals surface area contributed by atoms with Crippen molar-refractivity contribution < 1.29 is 4.79 Å². The topological polar surface area (TPSA) is 39.3 Å². The number of H-pyrrole nitrogens is 1. The summed E-state index contributed by atoms with van der Waals surface area (Å²) in [4.78, 5) is 20.5. The first-order valence-electron chi connectivity index (χ1n) is 9.14. The summed E-state index contributed by atoms with van der Waals surface area (Å²) >= 11 is 0. The molecule has 2 aliphatic rings. The Morgan fingerprint density at radius 3 is 2.84 bits per heavy atom. The minimum Gasteiger partial charge on any atom is -0.361 e. The van der Waals surface area contributed by atoms with E-state index in [0.29, 0.717) is 6.04 Å². The summed E-state index contributed by atoms with van der Waals surface area (Å²) in [5.74, 6) is 0.151. The van der Waals surface area contributed by atoms with Crippen molar-refractivity contribution in [2.24, 2.45) is 5.92 Å². The molecule has 25 heavy (non-hydrogen) atoms. The van der Waals surface area contributed by atoms with Gasteiger partial charge in [-0.3, -0.25) is 9.69 Å². The number of nitrogens with one attached hydrogen (secondary N) is 1. The van der Waals surface area contributed by atoms with Crippen molar-refractivity contribution in [3.8, 4) is 0 Å². The van der Waals surface area contributed by atoms with Crippen LogP contribution in [0.25, 0.3) is 16.5 Å². The van der Waals surface area contributed by atoms with Gasteiger partial charge in [-0.1, -0.05) is 23.7 Å². The van der Waals surface area contributed by atoms with Crippen LogP contribution in [0.2, 0.25) is 0 Å². The number of carbonyl (C=O) groups is 1. The van der Waals surface area contributed by atoms with Crippen LogP contribution in [0.15, 0.2) is 24.4 Å². The SMILES string of the molecule is [B]c1ccc2c3c(c[nH]c13)CC1C2=C[C@@H](C(=O)N(CC)CC)CN1C. The Bertz CT molecular complexity index is 865. The fourth-order valence-corrected chi connectivity index (χ4v) is 4.46. The predicted octanol–water partition coefficient (Wildman–Crippen LogP) is 1.70. The van der Waals surface area contributed by atoms with Crippen LogP contribution < -0.4 is 5.46 Å². The van der Waals surface area contributed by atoms with Crippen LogP contribution in [0, 0.1) is 5.92 Å². The van der Waals surface area contributed by atoms with E-state index in [2.05, 4.69) is 35.3 Å². The second kappa shape index (κ2) is 6.06. The number of fused-ring (bicyclic) bond motifs is 2. The van der Waals surface area contributed by atoms with E-state index in [4.69, 9.17) is 7.85 Å². The Balaban J connectivity index is 1.82. The number of aromatic amines is 1. The maximum absolute atomic E-state index is 12.9. The molecule has 0 fully saturated rings. The third-order valence-electron chi connectivity index (χ3n) is 5.82. The second-order valence-corrected chi connectivity index (χ2v) is 7.16. The van der Waals surface area contributed by atoms with Gasteiger partial charge in [0.2, 0.25) is 5.91 Å². The largest absolute Gasteiger partial charge is 0.361 e. The lowest BCUT2D eigenvalue weighted by molar-refractivity contribution is -0.134. The van der Waals surface area contributed by atoms with E-state index in [1.807, 2.05) is 24.8 Å². The average Bonchev–Trinajstić information content (AvgIpc) is 3.04. The van der Waals surface area contributed by atoms with Crippen LogP contribution in [-0.4, -0.2) is 61.3 Å². The molecule has 1 aromatic carbocycles. The van der Waals surface area contributed by atoms with Gasteiger partial charge in [-0.15, -0.1) is 0 Å². The molecule has 2 heterocycles. The van der Waals surface area contributed by atoms with Gasteiger partial charge in [0.05, 0.1) is 5.92 Å². The fourth-order valence-electron chi connectivity index (χ4n) is 4.46. The predicted molar refractivity (Wildman–Crippen MR) is 103 cm³/mol. The van der Waals surface area contributed by atoms with Crippen molar-refractivity contribution in [1.29, 1.82) is 0 Å². The van der Waals surface area contributed by atoms with Crippen LogP contribution in [0.1, 0.15) is 25.0 Å². The third kappa shape index (κ3) is 2.44. The second-order valence-electron chi connectivity index (χ2n) is 7.16. The first-order chi connectivity index (χ1) is 12.0. The van der Waals surface area contributed by atoms with Crippen LogP contribution in [0.5, 0.6) is 0 Å². The van der Waals surface area contributed by atoms with Gasteiger partial charge in [-0.05, 0) is 44.0 Å². The maximum atomic E-state index is 12.9. The van der Waals surface area contributed by atoms with Crippen molar-refractivity contribution in [1.82, 2.24) is 14.8 Å². The monoisotopic (exact) mass is 333 g/mol. The zero-order valence-corrected chi connectivity index (χ0v) is 15.2. The highest BCUT2D eigenvalue weighted by molar-refractivity contribution is 6.38. The van der Waals surface area contributed by atoms with Gasteiger partial charge in [0.1, 0.15) is 7.85 Å². The van der Waals surface area contributed by atoms with E-state index in [1.165, 1.54) is 22.1 Å². The van der Waals surface area contributed by atoms with Gasteiger partial charge >= 0.3 is 0 Å². The van der Waals surface area contributed by atoms with E-state index in [9.17, 15) is 4.79 Å². The molecular formula is C20H24BN3O. The Morgan fingerprint density at radius 2 is 2.12 bits per heavy atom. The molecule has 0 bridgehead atoms. The summed E-state index contributed by atoms with van der Waals surface area (Å²) < 4.78 is 0. The van der Waals surface area contributed by atoms with Gasteiger partial charge in [0.25, 0.3) is 0 Å². The molecule has 128 valence electrons. The lowest BCUT2D eigenvalue weighted by Gasteiger charge is -2.40. The molecule has 4 rings (SSSR count). The number of aromatic nitrogens is 1. The van der Waals surface area contributed by atoms with Crippen LogP contribution >= 0.6 is 0 Å². The molecule has 4 nitrogen and oxygen atoms in total. The first kappa shape index (κ1) is 16.5. The number of amides is 1. The summed E-state index contributed by atoms with van der Waals surface area (Å²) in [6.45, 7) is 6.38. The molecule has 1 unspecified atom stereocenters. The maximum Gasteiger partial charge on any atom is 0.230 e. The van der Waals surface area contributed by atoms with Crippen molar-refractivity contribution in [2.75, 3.05) is 26.7 Å². The minimum absolute atomic E-state index is 0.0794. The summed E-state index contributed by atoms with van der Waals surface area (Å²) in [6.07, 6.45) is 5.26. The van der Waals surface area contributed by atoms with Crippen LogP contribution in [0.4, 0.5) is 0 Å². The van der Waals surface area contributed by atoms with E-state index in [0.717, 1.165) is 37.0 Å². The zero-order valence-electron chi connectivity index (χ0n) is 15.2. The molecule has 1 N–H and O–H groups in total. The number of benzene rings is 1. The molecule has 1 amide bonds. The van der Waals surface area contributed by atoms with E-state index in [-0.39, 0.29) is 11.8 Å². The highest BCUT2D eigenvalue weighted by Crippen LogP contribution is 2.40. The number of likely N-dealkylation sites (N-methyl/N-ethyl adjacent to an activating group) is 1. The summed E-state index contributed by atoms with van der Waals surface area (Å²) in [6, 6.07) is 4.41. The molecule has 0 spiro atoms. The highest BCUT2D eigenvalue weighted by atomic mass is 16.2. The molecule has 0 saturated heterocycles. The molecule has 0 saturated carbocycles. The molecule has 1 aliphatic heterocycles. The fraction of sp³-hybridized carbons (Fsp3) is 0.450. The molecule has 2 radical (unpaired) electrons. The number of hydrogen-bond donors (Lipinski definition) is 1. The van der Waals surface area contributed by atoms with Crippen LogP contribution in [-0.2, 0) is 11.2 Å². The van der Waals surface area contributed by atoms with Crippen LogP contribution in [0.3, 0.4) is 0 Å². The van der Waals surface area contributed by atoms with Gasteiger partial charge in [0.15, 0.2) is 0 Å². The molecule has 2 atom stereocenters. The minimum atomic E-state index is -0.0794. The molecule has 1 aliphatic carbocycles. The summed E-state index contributed by atoms with van der Waals surface area (Å²) in [5.41, 5.74) is 5.62. The van der Waals surface area contributed by atoms with Crippen molar-refractivity contribution in [3.63, 3.8) is 0 Å². The smallest absolute Gasteiger partial charge is 0.230 e. The Kier molecular flexibility index (Phi) is 3.99. The standard InChI is InChI=1S/C20H24BN3O/c1-4-24(5-2)20(25)13-8-15-14-6-7-16(21)19-18(14)12(10-22-19)9-17(15)23(3)11-13/h6-8,10,13,17,22H,4-5,9,11H2,1-3H3/t13-,17?/m1/s1. The number of rotatable bonds is 3. The normalized spacial score (nSPS) is 22.6. The van der Waals surface area contributed by atoms with E-state index in [1.54, 1.807) is 0 Å². The Morgan fingerprint density at radius 1 is 1.36 bits per heavy atom. The summed E-state index contributed by atoms with van der Waals surface area (Å²) in [7, 11) is 8.27. The average molecular weight is 333 g/mol. The van der Waals surface area contributed by atoms with Gasteiger partial charge in [-0.2, -0.15) is 0 Å². The molecular weight excluding hydrogens is 309 g/mol. The van der Waals surface area contributed by atoms with E-state index < -0.39 is 0 Å². The zero-order chi connectivity index (χ0) is 17.7. The van der Waals surface area contributed by atoms with Gasteiger partial charge in [0, 0.05) is 42.8 Å². The quantitative estimate of drug-likeness (QED) is 0.869. The highest BCUT2D eigenvalue weighted by Gasteiger charge is 2.36. The Hall–Kier alpha value is -2.01. The molecule has 5 heteroatoms. The summed E-state index contributed by atoms with van der Waals surface area (Å²) in [5, 5.41) is 1.23. The lowest BCUT2D eigenvalue weighted by atomic mass is 9.78. The van der Waals surface area contributed by atoms with Crippen molar-refractivity contribution in [2.45, 2.75) is 26.3 Å². The number of carbonyl (C=O) groups excluding carboxylic acids is 1. The Labute approximate surface area is 150 Å². The lowest BCUT2D eigenvalue weighted by Crippen LogP contribution is -2.47. The molecule has 2 aromatic rings. The van der Waals surface area contributed by atoms with Crippen molar-refractivity contribution >= 4 is 35.7 Å². The van der Waals surface area contributed by atoms with Gasteiger partial charge in [-0.25, -0.2) is 0 Å².